The second kappa shape index (κ2) is 5.06. The number of fused-ring (bicyclic) bond motifs is 1. The summed E-state index contributed by atoms with van der Waals surface area (Å²) in [6.45, 7) is 0.639. The molecule has 0 aromatic heterocycles. The second-order valence-corrected chi connectivity index (χ2v) is 6.04. The van der Waals surface area contributed by atoms with Gasteiger partial charge in [0.1, 0.15) is 0 Å². The van der Waals surface area contributed by atoms with Crippen LogP contribution < -0.4 is 5.32 Å². The fourth-order valence-corrected chi connectivity index (χ4v) is 3.55. The molecule has 3 unspecified atom stereocenters. The molecular weight excluding hydrogens is 290 g/mol. The lowest BCUT2D eigenvalue weighted by Gasteiger charge is -2.41. The van der Waals surface area contributed by atoms with Crippen LogP contribution in [0, 0.1) is 11.8 Å². The van der Waals surface area contributed by atoms with E-state index in [0.29, 0.717) is 12.6 Å². The maximum absolute atomic E-state index is 5.29. The molecule has 1 fully saturated rings. The molecule has 1 N–H and O–H groups in total. The van der Waals surface area contributed by atoms with Crippen molar-refractivity contribution in [2.24, 2.45) is 11.8 Å². The van der Waals surface area contributed by atoms with E-state index < -0.39 is 0 Å². The lowest BCUT2D eigenvalue weighted by Crippen LogP contribution is -2.43. The number of halogens is 1. The molecule has 1 saturated carbocycles. The molecule has 0 spiro atoms. The molecule has 1 aromatic carbocycles. The third-order valence-corrected chi connectivity index (χ3v) is 4.85. The van der Waals surface area contributed by atoms with Gasteiger partial charge in [-0.3, -0.25) is 0 Å². The molecule has 0 amide bonds. The van der Waals surface area contributed by atoms with Crippen LogP contribution >= 0.6 is 15.9 Å². The number of rotatable bonds is 4. The minimum atomic E-state index is 0.596. The zero-order valence-corrected chi connectivity index (χ0v) is 12.1. The van der Waals surface area contributed by atoms with Crippen molar-refractivity contribution in [1.29, 1.82) is 0 Å². The van der Waals surface area contributed by atoms with Gasteiger partial charge in [-0.2, -0.15) is 0 Å². The summed E-state index contributed by atoms with van der Waals surface area (Å²) in [5.41, 5.74) is 2.42. The molecule has 2 aliphatic rings. The highest BCUT2D eigenvalue weighted by Gasteiger charge is 2.41. The van der Waals surface area contributed by atoms with Gasteiger partial charge in [-0.15, -0.1) is 0 Å². The molecule has 0 heterocycles. The molecule has 0 radical (unpaired) electrons. The van der Waals surface area contributed by atoms with E-state index in [1.54, 1.807) is 7.11 Å². The summed E-state index contributed by atoms with van der Waals surface area (Å²) in [4.78, 5) is 0. The standard InChI is InChI=1S/C15H18BrNO/c1-18-9-12-13(16)6-3-7-14(12)17-15-8-10-4-2-5-11(10)15/h2-3,5-7,10-11,15,17H,4,8-9H2,1H3. The molecule has 3 rings (SSSR count). The average Bonchev–Trinajstić information content (AvgIpc) is 2.71. The SMILES string of the molecule is COCc1c(Br)cccc1NC1CC2CC=CC21. The first kappa shape index (κ1) is 12.2. The maximum Gasteiger partial charge on any atom is 0.0744 e. The molecule has 2 aliphatic carbocycles. The fraction of sp³-hybridized carbons (Fsp3) is 0.467. The number of methoxy groups -OCH3 is 1. The number of hydrogen-bond acceptors (Lipinski definition) is 2. The van der Waals surface area contributed by atoms with Crippen molar-refractivity contribution in [2.75, 3.05) is 12.4 Å². The zero-order chi connectivity index (χ0) is 12.5. The minimum absolute atomic E-state index is 0.596. The Bertz CT molecular complexity index is 472. The highest BCUT2D eigenvalue weighted by molar-refractivity contribution is 9.10. The summed E-state index contributed by atoms with van der Waals surface area (Å²) < 4.78 is 6.40. The fourth-order valence-electron chi connectivity index (χ4n) is 3.07. The normalized spacial score (nSPS) is 28.9. The molecule has 18 heavy (non-hydrogen) atoms. The third kappa shape index (κ3) is 2.10. The van der Waals surface area contributed by atoms with Crippen LogP contribution in [0.4, 0.5) is 5.69 Å². The summed E-state index contributed by atoms with van der Waals surface area (Å²) >= 11 is 3.60. The Labute approximate surface area is 117 Å². The lowest BCUT2D eigenvalue weighted by molar-refractivity contribution is 0.184. The molecule has 1 aromatic rings. The van der Waals surface area contributed by atoms with Gasteiger partial charge in [0.25, 0.3) is 0 Å². The van der Waals surface area contributed by atoms with Gasteiger partial charge in [-0.25, -0.2) is 0 Å². The predicted octanol–water partition coefficient (Wildman–Crippen LogP) is 3.97. The molecule has 0 saturated heterocycles. The Balaban J connectivity index is 1.76. The van der Waals surface area contributed by atoms with Crippen LogP contribution in [-0.2, 0) is 11.3 Å². The van der Waals surface area contributed by atoms with Crippen LogP contribution in [-0.4, -0.2) is 13.2 Å². The summed E-state index contributed by atoms with van der Waals surface area (Å²) in [5.74, 6) is 1.62. The Kier molecular flexibility index (Phi) is 3.44. The summed E-state index contributed by atoms with van der Waals surface area (Å²) in [7, 11) is 1.74. The minimum Gasteiger partial charge on any atom is -0.381 e. The third-order valence-electron chi connectivity index (χ3n) is 4.11. The van der Waals surface area contributed by atoms with Crippen LogP contribution in [0.25, 0.3) is 0 Å². The first-order chi connectivity index (χ1) is 8.79. The first-order valence-electron chi connectivity index (χ1n) is 6.49. The van der Waals surface area contributed by atoms with E-state index in [-0.39, 0.29) is 0 Å². The molecular formula is C15H18BrNO. The van der Waals surface area contributed by atoms with Crippen molar-refractivity contribution in [3.05, 3.63) is 40.4 Å². The molecule has 3 heteroatoms. The number of benzene rings is 1. The van der Waals surface area contributed by atoms with E-state index >= 15 is 0 Å². The molecule has 96 valence electrons. The van der Waals surface area contributed by atoms with Gasteiger partial charge in [0, 0.05) is 34.8 Å². The van der Waals surface area contributed by atoms with Crippen LogP contribution in [0.2, 0.25) is 0 Å². The number of anilines is 1. The van der Waals surface area contributed by atoms with E-state index in [1.165, 1.54) is 24.1 Å². The van der Waals surface area contributed by atoms with Crippen molar-refractivity contribution in [1.82, 2.24) is 0 Å². The van der Waals surface area contributed by atoms with Crippen LogP contribution in [0.15, 0.2) is 34.8 Å². The van der Waals surface area contributed by atoms with Crippen LogP contribution in [0.5, 0.6) is 0 Å². The van der Waals surface area contributed by atoms with Gasteiger partial charge in [0.15, 0.2) is 0 Å². The molecule has 0 aliphatic heterocycles. The summed E-state index contributed by atoms with van der Waals surface area (Å²) in [5, 5.41) is 3.68. The Morgan fingerprint density at radius 3 is 3.11 bits per heavy atom. The van der Waals surface area contributed by atoms with E-state index in [1.807, 2.05) is 0 Å². The number of hydrogen-bond donors (Lipinski definition) is 1. The van der Waals surface area contributed by atoms with Gasteiger partial charge in [-0.1, -0.05) is 34.1 Å². The van der Waals surface area contributed by atoms with Crippen molar-refractivity contribution < 1.29 is 4.74 Å². The van der Waals surface area contributed by atoms with Gasteiger partial charge in [0.05, 0.1) is 6.61 Å². The van der Waals surface area contributed by atoms with E-state index in [9.17, 15) is 0 Å². The van der Waals surface area contributed by atoms with E-state index in [0.717, 1.165) is 16.3 Å². The van der Waals surface area contributed by atoms with Crippen molar-refractivity contribution >= 4 is 21.6 Å². The molecule has 3 atom stereocenters. The van der Waals surface area contributed by atoms with Gasteiger partial charge in [-0.05, 0) is 30.9 Å². The lowest BCUT2D eigenvalue weighted by atomic mass is 9.71. The Morgan fingerprint density at radius 2 is 2.33 bits per heavy atom. The monoisotopic (exact) mass is 307 g/mol. The highest BCUT2D eigenvalue weighted by atomic mass is 79.9. The number of ether oxygens (including phenoxy) is 1. The van der Waals surface area contributed by atoms with Crippen molar-refractivity contribution in [3.63, 3.8) is 0 Å². The second-order valence-electron chi connectivity index (χ2n) is 5.19. The quantitative estimate of drug-likeness (QED) is 0.850. The Morgan fingerprint density at radius 1 is 1.44 bits per heavy atom. The van der Waals surface area contributed by atoms with Gasteiger partial charge >= 0.3 is 0 Å². The molecule has 2 nitrogen and oxygen atoms in total. The number of nitrogens with one attached hydrogen (secondary N) is 1. The van der Waals surface area contributed by atoms with Crippen LogP contribution in [0.1, 0.15) is 18.4 Å². The Hall–Kier alpha value is -0.800. The van der Waals surface area contributed by atoms with Crippen molar-refractivity contribution in [2.45, 2.75) is 25.5 Å². The maximum atomic E-state index is 5.29. The summed E-state index contributed by atoms with van der Waals surface area (Å²) in [6, 6.07) is 6.88. The summed E-state index contributed by atoms with van der Waals surface area (Å²) in [6.07, 6.45) is 7.26. The highest BCUT2D eigenvalue weighted by Crippen LogP contribution is 2.44. The van der Waals surface area contributed by atoms with E-state index in [2.05, 4.69) is 51.6 Å². The smallest absolute Gasteiger partial charge is 0.0744 e. The van der Waals surface area contributed by atoms with Crippen molar-refractivity contribution in [3.8, 4) is 0 Å². The average molecular weight is 308 g/mol. The predicted molar refractivity (Wildman–Crippen MR) is 77.6 cm³/mol. The number of allylic oxidation sites excluding steroid dienone is 1. The molecule has 0 bridgehead atoms. The zero-order valence-electron chi connectivity index (χ0n) is 10.5. The van der Waals surface area contributed by atoms with Crippen LogP contribution in [0.3, 0.4) is 0 Å². The van der Waals surface area contributed by atoms with E-state index in [4.69, 9.17) is 4.74 Å². The topological polar surface area (TPSA) is 21.3 Å². The first-order valence-corrected chi connectivity index (χ1v) is 7.28. The largest absolute Gasteiger partial charge is 0.381 e. The van der Waals surface area contributed by atoms with Gasteiger partial charge < -0.3 is 10.1 Å². The van der Waals surface area contributed by atoms with Gasteiger partial charge in [0.2, 0.25) is 0 Å².